The highest BCUT2D eigenvalue weighted by Crippen LogP contribution is 2.21. The molecule has 0 aliphatic carbocycles. The van der Waals surface area contributed by atoms with Crippen LogP contribution in [-0.4, -0.2) is 18.7 Å². The van der Waals surface area contributed by atoms with Crippen LogP contribution in [0.1, 0.15) is 44.7 Å². The number of halogens is 3. The molecule has 0 bridgehead atoms. The Morgan fingerprint density at radius 2 is 1.78 bits per heavy atom. The molecule has 2 rings (SSSR count). The van der Waals surface area contributed by atoms with E-state index in [4.69, 9.17) is 0 Å². The fourth-order valence-electron chi connectivity index (χ4n) is 2.00. The number of nitrogens with zero attached hydrogens (tertiary/aromatic N) is 2. The van der Waals surface area contributed by atoms with Crippen molar-refractivity contribution in [2.45, 2.75) is 47.1 Å². The van der Waals surface area contributed by atoms with E-state index in [0.717, 1.165) is 12.8 Å². The second kappa shape index (κ2) is 11.9. The molecule has 27 heavy (non-hydrogen) atoms. The Balaban J connectivity index is 0.00000176. The van der Waals surface area contributed by atoms with Gasteiger partial charge in [0.2, 0.25) is 0 Å². The third-order valence-corrected chi connectivity index (χ3v) is 3.36. The van der Waals surface area contributed by atoms with Crippen LogP contribution in [0, 0.1) is 12.7 Å². The molecule has 0 radical (unpaired) electrons. The Bertz CT molecular complexity index is 757. The second-order valence-corrected chi connectivity index (χ2v) is 5.37. The summed E-state index contributed by atoms with van der Waals surface area (Å²) in [5.74, 6) is 0.0674. The van der Waals surface area contributed by atoms with Gasteiger partial charge in [-0.05, 0) is 49.2 Å². The lowest BCUT2D eigenvalue weighted by atomic mass is 10.1. The molecule has 0 fully saturated rings. The lowest BCUT2D eigenvalue weighted by molar-refractivity contribution is -0.0498. The minimum absolute atomic E-state index is 0.0476. The number of aryl methyl sites for hydroxylation is 1. The largest absolute Gasteiger partial charge is 0.435 e. The fraction of sp³-hybridized carbons (Fsp3) is 0.333. The van der Waals surface area contributed by atoms with E-state index < -0.39 is 6.61 Å². The molecular weight excluding hydrogens is 353 g/mol. The molecule has 146 valence electrons. The molecule has 3 nitrogen and oxygen atoms in total. The third-order valence-electron chi connectivity index (χ3n) is 3.36. The van der Waals surface area contributed by atoms with Crippen LogP contribution in [0.15, 0.2) is 52.4 Å². The third kappa shape index (κ3) is 7.64. The molecule has 0 N–H and O–H groups in total. The summed E-state index contributed by atoms with van der Waals surface area (Å²) in [4.78, 5) is 8.73. The zero-order valence-corrected chi connectivity index (χ0v) is 16.0. The summed E-state index contributed by atoms with van der Waals surface area (Å²) in [6, 6.07) is 10.7. The zero-order valence-electron chi connectivity index (χ0n) is 16.0. The van der Waals surface area contributed by atoms with Gasteiger partial charge in [0, 0.05) is 11.8 Å². The SMILES string of the molecule is CC.CCCC=NC(=Nc1ccc(OC(F)F)cc1)c1ccc(C)c(F)c1. The standard InChI is InChI=1S/C19H19F3N2O.C2H6/c1-3-4-11-23-18(14-6-5-13(2)17(20)12-14)24-15-7-9-16(10-8-15)25-19(21)22;1-2/h5-12,19H,3-4H2,1-2H3;1-2H3. The van der Waals surface area contributed by atoms with Crippen molar-refractivity contribution in [1.82, 2.24) is 0 Å². The van der Waals surface area contributed by atoms with Crippen molar-refractivity contribution in [3.8, 4) is 5.75 Å². The van der Waals surface area contributed by atoms with Gasteiger partial charge in [-0.2, -0.15) is 8.78 Å². The molecule has 2 aromatic rings. The molecule has 0 aliphatic heterocycles. The van der Waals surface area contributed by atoms with Gasteiger partial charge in [0.1, 0.15) is 11.6 Å². The number of hydrogen-bond donors (Lipinski definition) is 0. The second-order valence-electron chi connectivity index (χ2n) is 5.37. The average molecular weight is 378 g/mol. The number of ether oxygens (including phenoxy) is 1. The summed E-state index contributed by atoms with van der Waals surface area (Å²) >= 11 is 0. The van der Waals surface area contributed by atoms with Crippen molar-refractivity contribution >= 4 is 17.7 Å². The van der Waals surface area contributed by atoms with Crippen molar-refractivity contribution in [3.05, 3.63) is 59.4 Å². The summed E-state index contributed by atoms with van der Waals surface area (Å²) < 4.78 is 42.5. The van der Waals surface area contributed by atoms with Gasteiger partial charge in [-0.25, -0.2) is 14.4 Å². The van der Waals surface area contributed by atoms with Crippen molar-refractivity contribution in [3.63, 3.8) is 0 Å². The highest BCUT2D eigenvalue weighted by molar-refractivity contribution is 6.04. The number of alkyl halides is 2. The number of hydrogen-bond acceptors (Lipinski definition) is 2. The molecular formula is C21H25F3N2O. The Morgan fingerprint density at radius 1 is 1.11 bits per heavy atom. The predicted octanol–water partition coefficient (Wildman–Crippen LogP) is 6.71. The first-order valence-corrected chi connectivity index (χ1v) is 8.92. The smallest absolute Gasteiger partial charge is 0.387 e. The van der Waals surface area contributed by atoms with Crippen molar-refractivity contribution in [2.75, 3.05) is 0 Å². The quantitative estimate of drug-likeness (QED) is 0.406. The maximum absolute atomic E-state index is 13.8. The summed E-state index contributed by atoms with van der Waals surface area (Å²) in [5, 5.41) is 0. The molecule has 2 aromatic carbocycles. The van der Waals surface area contributed by atoms with Gasteiger partial charge in [-0.15, -0.1) is 0 Å². The molecule has 0 saturated carbocycles. The van der Waals surface area contributed by atoms with Gasteiger partial charge in [-0.3, -0.25) is 0 Å². The molecule has 0 aliphatic rings. The lowest BCUT2D eigenvalue weighted by Gasteiger charge is -2.06. The normalized spacial score (nSPS) is 11.5. The topological polar surface area (TPSA) is 34.0 Å². The lowest BCUT2D eigenvalue weighted by Crippen LogP contribution is -2.01. The number of benzene rings is 2. The summed E-state index contributed by atoms with van der Waals surface area (Å²) in [5.41, 5.74) is 1.59. The summed E-state index contributed by atoms with van der Waals surface area (Å²) in [6.45, 7) is 4.83. The first kappa shape index (κ1) is 22.4. The van der Waals surface area contributed by atoms with E-state index in [2.05, 4.69) is 14.7 Å². The molecule has 0 amide bonds. The molecule has 6 heteroatoms. The van der Waals surface area contributed by atoms with Crippen molar-refractivity contribution in [1.29, 1.82) is 0 Å². The highest BCUT2D eigenvalue weighted by atomic mass is 19.3. The van der Waals surface area contributed by atoms with Gasteiger partial charge in [-0.1, -0.05) is 39.3 Å². The first-order valence-electron chi connectivity index (χ1n) is 8.92. The minimum atomic E-state index is -2.88. The fourth-order valence-corrected chi connectivity index (χ4v) is 2.00. The number of rotatable bonds is 6. The summed E-state index contributed by atoms with van der Waals surface area (Å²) in [7, 11) is 0. The van der Waals surface area contributed by atoms with E-state index in [0.29, 0.717) is 22.6 Å². The molecule has 0 unspecified atom stereocenters. The predicted molar refractivity (Wildman–Crippen MR) is 105 cm³/mol. The van der Waals surface area contributed by atoms with E-state index in [9.17, 15) is 13.2 Å². The minimum Gasteiger partial charge on any atom is -0.435 e. The van der Waals surface area contributed by atoms with Crippen molar-refractivity contribution in [2.24, 2.45) is 9.98 Å². The summed E-state index contributed by atoms with van der Waals surface area (Å²) in [6.07, 6.45) is 3.43. The number of unbranched alkanes of at least 4 members (excludes halogenated alkanes) is 1. The highest BCUT2D eigenvalue weighted by Gasteiger charge is 2.07. The molecule has 0 heterocycles. The Kier molecular flexibility index (Phi) is 9.86. The van der Waals surface area contributed by atoms with Gasteiger partial charge < -0.3 is 4.74 Å². The van der Waals surface area contributed by atoms with E-state index >= 15 is 0 Å². The van der Waals surface area contributed by atoms with Crippen LogP contribution in [0.25, 0.3) is 0 Å². The van der Waals surface area contributed by atoms with Crippen LogP contribution in [-0.2, 0) is 0 Å². The van der Waals surface area contributed by atoms with E-state index in [1.54, 1.807) is 25.3 Å². The zero-order chi connectivity index (χ0) is 20.2. The number of amidine groups is 1. The Hall–Kier alpha value is -2.63. The monoisotopic (exact) mass is 378 g/mol. The van der Waals surface area contributed by atoms with E-state index in [1.165, 1.54) is 30.3 Å². The van der Waals surface area contributed by atoms with Crippen LogP contribution in [0.5, 0.6) is 5.75 Å². The number of aliphatic imine (C=N–C) groups is 2. The average Bonchev–Trinajstić information content (AvgIpc) is 2.66. The Labute approximate surface area is 158 Å². The first-order chi connectivity index (χ1) is 13.0. The molecule has 0 aromatic heterocycles. The maximum atomic E-state index is 13.8. The molecule has 0 saturated heterocycles. The molecule has 0 atom stereocenters. The van der Waals surface area contributed by atoms with Gasteiger partial charge in [0.25, 0.3) is 0 Å². The van der Waals surface area contributed by atoms with E-state index in [-0.39, 0.29) is 11.6 Å². The maximum Gasteiger partial charge on any atom is 0.387 e. The van der Waals surface area contributed by atoms with Crippen LogP contribution in [0.4, 0.5) is 18.9 Å². The van der Waals surface area contributed by atoms with Crippen LogP contribution < -0.4 is 4.74 Å². The van der Waals surface area contributed by atoms with E-state index in [1.807, 2.05) is 20.8 Å². The van der Waals surface area contributed by atoms with Gasteiger partial charge in [0.15, 0.2) is 5.84 Å². The van der Waals surface area contributed by atoms with Crippen LogP contribution in [0.2, 0.25) is 0 Å². The van der Waals surface area contributed by atoms with Crippen LogP contribution >= 0.6 is 0 Å². The van der Waals surface area contributed by atoms with Gasteiger partial charge >= 0.3 is 6.61 Å². The van der Waals surface area contributed by atoms with Crippen LogP contribution in [0.3, 0.4) is 0 Å². The Morgan fingerprint density at radius 3 is 2.33 bits per heavy atom. The molecule has 0 spiro atoms. The van der Waals surface area contributed by atoms with Crippen molar-refractivity contribution < 1.29 is 17.9 Å². The van der Waals surface area contributed by atoms with Gasteiger partial charge in [0.05, 0.1) is 5.69 Å².